The van der Waals surface area contributed by atoms with E-state index in [-0.39, 0.29) is 24.8 Å². The quantitative estimate of drug-likeness (QED) is 0.350. The largest absolute Gasteiger partial charge is 0.465 e. The molecule has 0 radical (unpaired) electrons. The molecule has 1 N–H and O–H groups in total. The second kappa shape index (κ2) is 11.1. The molecule has 0 unspecified atom stereocenters. The van der Waals surface area contributed by atoms with Crippen LogP contribution < -0.4 is 5.56 Å². The molecule has 9 nitrogen and oxygen atoms in total. The number of nitrogens with one attached hydrogen (secondary N) is 1. The minimum Gasteiger partial charge on any atom is -0.465 e. The molecule has 0 aliphatic carbocycles. The molecule has 35 heavy (non-hydrogen) atoms. The Morgan fingerprint density at radius 2 is 1.91 bits per heavy atom. The van der Waals surface area contributed by atoms with E-state index in [0.717, 1.165) is 22.0 Å². The molecule has 9 heteroatoms. The molecular weight excluding hydrogens is 444 g/mol. The summed E-state index contributed by atoms with van der Waals surface area (Å²) in [6.07, 6.45) is 0.681. The van der Waals surface area contributed by atoms with Crippen LogP contribution in [0.25, 0.3) is 10.9 Å². The molecule has 1 atom stereocenters. The summed E-state index contributed by atoms with van der Waals surface area (Å²) < 4.78 is 6.57. The van der Waals surface area contributed by atoms with Crippen molar-refractivity contribution >= 4 is 16.9 Å². The Labute approximate surface area is 203 Å². The van der Waals surface area contributed by atoms with E-state index in [0.29, 0.717) is 30.9 Å². The molecule has 0 saturated heterocycles. The Morgan fingerprint density at radius 3 is 2.66 bits per heavy atom. The number of esters is 1. The average Bonchev–Trinajstić information content (AvgIpc) is 3.28. The van der Waals surface area contributed by atoms with E-state index >= 15 is 0 Å². The zero-order valence-electron chi connectivity index (χ0n) is 20.3. The van der Waals surface area contributed by atoms with Crippen molar-refractivity contribution in [3.8, 4) is 0 Å². The summed E-state index contributed by atoms with van der Waals surface area (Å²) in [5.74, 6) is 0.163. The van der Waals surface area contributed by atoms with Gasteiger partial charge in [-0.1, -0.05) is 48.9 Å². The summed E-state index contributed by atoms with van der Waals surface area (Å²) in [4.78, 5) is 30.3. The first-order valence-corrected chi connectivity index (χ1v) is 11.8. The maximum atomic E-state index is 13.0. The summed E-state index contributed by atoms with van der Waals surface area (Å²) in [6, 6.07) is 17.8. The Bertz CT molecular complexity index is 1350. The smallest absolute Gasteiger partial charge is 0.327 e. The predicted molar refractivity (Wildman–Crippen MR) is 132 cm³/mol. The van der Waals surface area contributed by atoms with E-state index in [1.165, 1.54) is 4.68 Å². The van der Waals surface area contributed by atoms with Crippen LogP contribution in [-0.2, 0) is 29.2 Å². The van der Waals surface area contributed by atoms with Crippen LogP contribution in [-0.4, -0.2) is 42.7 Å². The fourth-order valence-corrected chi connectivity index (χ4v) is 4.30. The SMILES string of the molecule is CCOC(=O)Cn1nnnc1[C@H](CC)N(Cc1ccccc1)Cc1cc2cc(C)ccc2[nH]c1=O. The molecule has 4 rings (SSSR count). The van der Waals surface area contributed by atoms with Crippen molar-refractivity contribution in [1.82, 2.24) is 30.1 Å². The number of benzene rings is 2. The van der Waals surface area contributed by atoms with E-state index in [1.807, 2.05) is 50.2 Å². The van der Waals surface area contributed by atoms with Gasteiger partial charge in [-0.15, -0.1) is 5.10 Å². The highest BCUT2D eigenvalue weighted by molar-refractivity contribution is 5.79. The predicted octanol–water partition coefficient (Wildman–Crippen LogP) is 3.54. The van der Waals surface area contributed by atoms with Gasteiger partial charge in [0, 0.05) is 24.2 Å². The molecule has 0 fully saturated rings. The maximum absolute atomic E-state index is 13.0. The molecule has 0 spiro atoms. The third kappa shape index (κ3) is 5.81. The normalized spacial score (nSPS) is 12.2. The van der Waals surface area contributed by atoms with Crippen molar-refractivity contribution in [2.24, 2.45) is 0 Å². The number of nitrogens with zero attached hydrogens (tertiary/aromatic N) is 5. The number of pyridine rings is 1. The molecule has 0 amide bonds. The molecule has 2 aromatic heterocycles. The van der Waals surface area contributed by atoms with E-state index in [4.69, 9.17) is 4.74 Å². The fraction of sp³-hybridized carbons (Fsp3) is 0.346. The minimum absolute atomic E-state index is 0.0678. The van der Waals surface area contributed by atoms with Crippen molar-refractivity contribution in [3.05, 3.63) is 87.5 Å². The van der Waals surface area contributed by atoms with Crippen LogP contribution in [0.4, 0.5) is 0 Å². The molecule has 2 aromatic carbocycles. The van der Waals surface area contributed by atoms with E-state index in [2.05, 4.69) is 43.6 Å². The number of hydrogen-bond donors (Lipinski definition) is 1. The maximum Gasteiger partial charge on any atom is 0.327 e. The molecule has 0 bridgehead atoms. The Kier molecular flexibility index (Phi) is 7.67. The van der Waals surface area contributed by atoms with Gasteiger partial charge in [-0.25, -0.2) is 4.68 Å². The highest BCUT2D eigenvalue weighted by Gasteiger charge is 2.27. The van der Waals surface area contributed by atoms with Crippen molar-refractivity contribution in [2.45, 2.75) is 52.9 Å². The van der Waals surface area contributed by atoms with Crippen LogP contribution in [0, 0.1) is 6.92 Å². The number of aryl methyl sites for hydroxylation is 1. The van der Waals surface area contributed by atoms with Gasteiger partial charge in [0.2, 0.25) is 0 Å². The zero-order chi connectivity index (χ0) is 24.8. The Morgan fingerprint density at radius 1 is 1.11 bits per heavy atom. The average molecular weight is 475 g/mol. The summed E-state index contributed by atoms with van der Waals surface area (Å²) in [7, 11) is 0. The van der Waals surface area contributed by atoms with Crippen LogP contribution in [0.15, 0.2) is 59.4 Å². The summed E-state index contributed by atoms with van der Waals surface area (Å²) in [5, 5.41) is 13.1. The van der Waals surface area contributed by atoms with Crippen molar-refractivity contribution in [3.63, 3.8) is 0 Å². The fourth-order valence-electron chi connectivity index (χ4n) is 4.30. The second-order valence-corrected chi connectivity index (χ2v) is 8.53. The van der Waals surface area contributed by atoms with Gasteiger partial charge in [-0.05, 0) is 59.8 Å². The van der Waals surface area contributed by atoms with Crippen LogP contribution >= 0.6 is 0 Å². The first kappa shape index (κ1) is 24.3. The first-order valence-electron chi connectivity index (χ1n) is 11.8. The number of carbonyl (C=O) groups excluding carboxylic acids is 1. The number of aromatic amines is 1. The lowest BCUT2D eigenvalue weighted by Gasteiger charge is -2.30. The Balaban J connectivity index is 1.71. The number of rotatable bonds is 10. The summed E-state index contributed by atoms with van der Waals surface area (Å²) in [6.45, 7) is 7.02. The highest BCUT2D eigenvalue weighted by Crippen LogP contribution is 2.26. The van der Waals surface area contributed by atoms with Crippen LogP contribution in [0.1, 0.15) is 48.8 Å². The number of carbonyl (C=O) groups is 1. The van der Waals surface area contributed by atoms with Gasteiger partial charge in [-0.2, -0.15) is 0 Å². The third-order valence-corrected chi connectivity index (χ3v) is 5.95. The molecule has 4 aromatic rings. The minimum atomic E-state index is -0.396. The number of hydrogen-bond acceptors (Lipinski definition) is 7. The van der Waals surface area contributed by atoms with Gasteiger partial charge in [0.25, 0.3) is 5.56 Å². The number of aromatic nitrogens is 5. The van der Waals surface area contributed by atoms with Gasteiger partial charge in [0.05, 0.1) is 12.6 Å². The molecule has 182 valence electrons. The monoisotopic (exact) mass is 474 g/mol. The lowest BCUT2D eigenvalue weighted by atomic mass is 10.1. The lowest BCUT2D eigenvalue weighted by molar-refractivity contribution is -0.144. The summed E-state index contributed by atoms with van der Waals surface area (Å²) >= 11 is 0. The first-order chi connectivity index (χ1) is 17.0. The molecule has 0 saturated carbocycles. The van der Waals surface area contributed by atoms with Crippen LogP contribution in [0.5, 0.6) is 0 Å². The number of fused-ring (bicyclic) bond motifs is 1. The third-order valence-electron chi connectivity index (χ3n) is 5.95. The lowest BCUT2D eigenvalue weighted by Crippen LogP contribution is -2.33. The zero-order valence-corrected chi connectivity index (χ0v) is 20.3. The van der Waals surface area contributed by atoms with E-state index < -0.39 is 5.97 Å². The Hall–Kier alpha value is -3.85. The van der Waals surface area contributed by atoms with Crippen molar-refractivity contribution in [1.29, 1.82) is 0 Å². The number of ether oxygens (including phenoxy) is 1. The van der Waals surface area contributed by atoms with E-state index in [1.54, 1.807) is 6.92 Å². The van der Waals surface area contributed by atoms with Gasteiger partial charge < -0.3 is 9.72 Å². The topological polar surface area (TPSA) is 106 Å². The van der Waals surface area contributed by atoms with Crippen LogP contribution in [0.3, 0.4) is 0 Å². The van der Waals surface area contributed by atoms with Crippen LogP contribution in [0.2, 0.25) is 0 Å². The number of H-pyrrole nitrogens is 1. The second-order valence-electron chi connectivity index (χ2n) is 8.53. The van der Waals surface area contributed by atoms with Crippen molar-refractivity contribution < 1.29 is 9.53 Å². The van der Waals surface area contributed by atoms with Gasteiger partial charge in [0.15, 0.2) is 5.82 Å². The van der Waals surface area contributed by atoms with Crippen molar-refractivity contribution in [2.75, 3.05) is 6.61 Å². The molecule has 2 heterocycles. The van der Waals surface area contributed by atoms with Gasteiger partial charge >= 0.3 is 5.97 Å². The van der Waals surface area contributed by atoms with Gasteiger partial charge in [-0.3, -0.25) is 14.5 Å². The summed E-state index contributed by atoms with van der Waals surface area (Å²) in [5.41, 5.74) is 3.57. The molecule has 0 aliphatic heterocycles. The standard InChI is InChI=1S/C26H30N6O3/c1-4-23(25-28-29-30-32(25)17-24(33)35-5-2)31(15-19-9-7-6-8-10-19)16-21-14-20-13-18(3)11-12-22(20)27-26(21)34/h6-14,23H,4-5,15-17H2,1-3H3,(H,27,34)/t23-/m0/s1. The van der Waals surface area contributed by atoms with Gasteiger partial charge in [0.1, 0.15) is 6.54 Å². The molecule has 0 aliphatic rings. The number of tetrazole rings is 1. The highest BCUT2D eigenvalue weighted by atomic mass is 16.5. The molecular formula is C26H30N6O3. The van der Waals surface area contributed by atoms with E-state index in [9.17, 15) is 9.59 Å².